The zero-order valence-corrected chi connectivity index (χ0v) is 19.5. The van der Waals surface area contributed by atoms with Crippen LogP contribution in [-0.2, 0) is 13.0 Å². The van der Waals surface area contributed by atoms with E-state index < -0.39 is 0 Å². The van der Waals surface area contributed by atoms with E-state index in [1.54, 1.807) is 6.07 Å². The van der Waals surface area contributed by atoms with Crippen molar-refractivity contribution in [1.29, 1.82) is 0 Å². The van der Waals surface area contributed by atoms with E-state index in [-0.39, 0.29) is 5.91 Å². The summed E-state index contributed by atoms with van der Waals surface area (Å²) >= 11 is 0. The summed E-state index contributed by atoms with van der Waals surface area (Å²) in [6, 6.07) is 19.6. The second kappa shape index (κ2) is 11.4. The zero-order valence-electron chi connectivity index (χ0n) is 19.5. The highest BCUT2D eigenvalue weighted by atomic mass is 16.5. The lowest BCUT2D eigenvalue weighted by molar-refractivity contribution is 0.102. The first-order valence-corrected chi connectivity index (χ1v) is 11.4. The molecule has 32 heavy (non-hydrogen) atoms. The summed E-state index contributed by atoms with van der Waals surface area (Å²) in [4.78, 5) is 12.9. The van der Waals surface area contributed by atoms with Crippen LogP contribution in [-0.4, -0.2) is 12.5 Å². The van der Waals surface area contributed by atoms with E-state index >= 15 is 0 Å². The van der Waals surface area contributed by atoms with E-state index in [0.717, 1.165) is 29.2 Å². The normalized spacial score (nSPS) is 10.6. The molecule has 0 unspecified atom stereocenters. The molecule has 0 heterocycles. The Morgan fingerprint density at radius 3 is 2.34 bits per heavy atom. The highest BCUT2D eigenvalue weighted by Gasteiger charge is 2.12. The van der Waals surface area contributed by atoms with Gasteiger partial charge in [0.1, 0.15) is 18.1 Å². The van der Waals surface area contributed by atoms with Crippen LogP contribution in [0.1, 0.15) is 59.3 Å². The van der Waals surface area contributed by atoms with Gasteiger partial charge < -0.3 is 14.8 Å². The lowest BCUT2D eigenvalue weighted by atomic mass is 10.1. The van der Waals surface area contributed by atoms with E-state index in [2.05, 4.69) is 38.2 Å². The van der Waals surface area contributed by atoms with Crippen LogP contribution >= 0.6 is 0 Å². The molecule has 0 bridgehead atoms. The Balaban J connectivity index is 1.72. The molecule has 0 saturated carbocycles. The number of ether oxygens (including phenoxy) is 2. The summed E-state index contributed by atoms with van der Waals surface area (Å²) in [5.74, 6) is 1.38. The topological polar surface area (TPSA) is 47.6 Å². The molecule has 4 nitrogen and oxygen atoms in total. The average molecular weight is 432 g/mol. The number of anilines is 1. The van der Waals surface area contributed by atoms with Crippen molar-refractivity contribution in [3.8, 4) is 11.5 Å². The summed E-state index contributed by atoms with van der Waals surface area (Å²) in [5.41, 5.74) is 5.90. The predicted molar refractivity (Wildman–Crippen MR) is 131 cm³/mol. The maximum Gasteiger partial charge on any atom is 0.255 e. The van der Waals surface area contributed by atoms with Gasteiger partial charge in [-0.05, 0) is 92.8 Å². The Bertz CT molecular complexity index is 1040. The van der Waals surface area contributed by atoms with Gasteiger partial charge in [-0.3, -0.25) is 4.79 Å². The molecule has 168 valence electrons. The predicted octanol–water partition coefficient (Wildman–Crippen LogP) is 6.88. The number of carbonyl (C=O) groups is 1. The van der Waals surface area contributed by atoms with Crippen LogP contribution in [0.25, 0.3) is 0 Å². The maximum absolute atomic E-state index is 12.9. The third-order valence-corrected chi connectivity index (χ3v) is 5.53. The number of hydrogen-bond acceptors (Lipinski definition) is 3. The minimum atomic E-state index is -0.151. The SMILES string of the molecule is CCCCc1ccc(NC(=O)c2ccc(OCC)c(COc3ccc(C)c(C)c3)c2)cc1. The Morgan fingerprint density at radius 1 is 0.875 bits per heavy atom. The molecule has 1 amide bonds. The van der Waals surface area contributed by atoms with Crippen molar-refractivity contribution in [2.75, 3.05) is 11.9 Å². The van der Waals surface area contributed by atoms with E-state index in [0.29, 0.717) is 18.8 Å². The monoisotopic (exact) mass is 431 g/mol. The number of hydrogen-bond donors (Lipinski definition) is 1. The molecule has 3 rings (SSSR count). The van der Waals surface area contributed by atoms with Gasteiger partial charge in [-0.15, -0.1) is 0 Å². The average Bonchev–Trinajstić information content (AvgIpc) is 2.80. The van der Waals surface area contributed by atoms with Crippen LogP contribution in [0.15, 0.2) is 60.7 Å². The van der Waals surface area contributed by atoms with Gasteiger partial charge in [-0.25, -0.2) is 0 Å². The van der Waals surface area contributed by atoms with Crippen molar-refractivity contribution in [3.63, 3.8) is 0 Å². The molecular weight excluding hydrogens is 398 g/mol. The summed E-state index contributed by atoms with van der Waals surface area (Å²) < 4.78 is 11.8. The summed E-state index contributed by atoms with van der Waals surface area (Å²) in [5, 5.41) is 2.99. The minimum absolute atomic E-state index is 0.151. The zero-order chi connectivity index (χ0) is 22.9. The van der Waals surface area contributed by atoms with E-state index in [1.807, 2.05) is 49.4 Å². The molecule has 3 aromatic carbocycles. The Labute approximate surface area is 191 Å². The number of aryl methyl sites for hydroxylation is 3. The van der Waals surface area contributed by atoms with Crippen molar-refractivity contribution < 1.29 is 14.3 Å². The van der Waals surface area contributed by atoms with Crippen molar-refractivity contribution in [2.24, 2.45) is 0 Å². The quantitative estimate of drug-likeness (QED) is 0.381. The lowest BCUT2D eigenvalue weighted by Crippen LogP contribution is -2.13. The third kappa shape index (κ3) is 6.36. The first kappa shape index (κ1) is 23.4. The van der Waals surface area contributed by atoms with Crippen molar-refractivity contribution in [2.45, 2.75) is 53.6 Å². The van der Waals surface area contributed by atoms with Crippen LogP contribution in [0, 0.1) is 13.8 Å². The second-order valence-corrected chi connectivity index (χ2v) is 8.04. The molecule has 3 aromatic rings. The van der Waals surface area contributed by atoms with Crippen LogP contribution in [0.5, 0.6) is 11.5 Å². The van der Waals surface area contributed by atoms with Crippen LogP contribution in [0.4, 0.5) is 5.69 Å². The fourth-order valence-corrected chi connectivity index (χ4v) is 3.43. The smallest absolute Gasteiger partial charge is 0.255 e. The summed E-state index contributed by atoms with van der Waals surface area (Å²) in [6.07, 6.45) is 3.41. The second-order valence-electron chi connectivity index (χ2n) is 8.04. The van der Waals surface area contributed by atoms with Crippen LogP contribution in [0.2, 0.25) is 0 Å². The van der Waals surface area contributed by atoms with Gasteiger partial charge in [0, 0.05) is 16.8 Å². The number of nitrogens with one attached hydrogen (secondary N) is 1. The molecule has 0 aliphatic heterocycles. The molecule has 0 spiro atoms. The number of rotatable bonds is 10. The van der Waals surface area contributed by atoms with Crippen LogP contribution in [0.3, 0.4) is 0 Å². The van der Waals surface area contributed by atoms with Gasteiger partial charge in [0.15, 0.2) is 0 Å². The van der Waals surface area contributed by atoms with Gasteiger partial charge in [0.25, 0.3) is 5.91 Å². The van der Waals surface area contributed by atoms with Crippen molar-refractivity contribution in [3.05, 3.63) is 88.5 Å². The first-order chi connectivity index (χ1) is 15.5. The molecule has 0 atom stereocenters. The number of amides is 1. The summed E-state index contributed by atoms with van der Waals surface area (Å²) in [6.45, 7) is 9.14. The Morgan fingerprint density at radius 2 is 1.66 bits per heavy atom. The van der Waals surface area contributed by atoms with Gasteiger partial charge in [0.2, 0.25) is 0 Å². The number of benzene rings is 3. The van der Waals surface area contributed by atoms with E-state index in [9.17, 15) is 4.79 Å². The van der Waals surface area contributed by atoms with Gasteiger partial charge in [-0.2, -0.15) is 0 Å². The standard InChI is InChI=1S/C28H33NO3/c1-5-7-8-22-10-13-25(14-11-22)29-28(30)23-12-16-27(31-6-2)24(18-23)19-32-26-15-9-20(3)21(4)17-26/h9-18H,5-8,19H2,1-4H3,(H,29,30). The molecule has 0 saturated heterocycles. The molecular formula is C28H33NO3. The molecule has 0 aromatic heterocycles. The van der Waals surface area contributed by atoms with E-state index in [4.69, 9.17) is 9.47 Å². The largest absolute Gasteiger partial charge is 0.493 e. The summed E-state index contributed by atoms with van der Waals surface area (Å²) in [7, 11) is 0. The molecule has 0 radical (unpaired) electrons. The molecule has 1 N–H and O–H groups in total. The van der Waals surface area contributed by atoms with Crippen LogP contribution < -0.4 is 14.8 Å². The van der Waals surface area contributed by atoms with E-state index in [1.165, 1.54) is 29.5 Å². The Kier molecular flexibility index (Phi) is 8.32. The lowest BCUT2D eigenvalue weighted by Gasteiger charge is -2.14. The highest BCUT2D eigenvalue weighted by molar-refractivity contribution is 6.04. The molecule has 0 aliphatic carbocycles. The highest BCUT2D eigenvalue weighted by Crippen LogP contribution is 2.24. The minimum Gasteiger partial charge on any atom is -0.493 e. The van der Waals surface area contributed by atoms with Crippen molar-refractivity contribution >= 4 is 11.6 Å². The number of carbonyl (C=O) groups excluding carboxylic acids is 1. The van der Waals surface area contributed by atoms with Crippen molar-refractivity contribution in [1.82, 2.24) is 0 Å². The molecule has 0 aliphatic rings. The molecule has 4 heteroatoms. The van der Waals surface area contributed by atoms with Gasteiger partial charge >= 0.3 is 0 Å². The fraction of sp³-hybridized carbons (Fsp3) is 0.321. The molecule has 0 fully saturated rings. The maximum atomic E-state index is 12.9. The number of unbranched alkanes of at least 4 members (excludes halogenated alkanes) is 1. The fourth-order valence-electron chi connectivity index (χ4n) is 3.43. The third-order valence-electron chi connectivity index (χ3n) is 5.53. The van der Waals surface area contributed by atoms with Gasteiger partial charge in [-0.1, -0.05) is 31.5 Å². The Hall–Kier alpha value is -3.27. The van der Waals surface area contributed by atoms with Gasteiger partial charge in [0.05, 0.1) is 6.61 Å². The first-order valence-electron chi connectivity index (χ1n) is 11.4.